The molecule has 1 unspecified atom stereocenters. The maximum absolute atomic E-state index is 10.7. The number of rotatable bonds is 4. The van der Waals surface area contributed by atoms with Gasteiger partial charge < -0.3 is 9.84 Å². The molecule has 0 bridgehead atoms. The predicted octanol–water partition coefficient (Wildman–Crippen LogP) is 3.26. The molecule has 1 atom stereocenters. The van der Waals surface area contributed by atoms with Crippen molar-refractivity contribution in [1.29, 1.82) is 0 Å². The molecular formula is C13H20O3. The number of hydrogen-bond donors (Lipinski definition) is 1. The predicted molar refractivity (Wildman–Crippen MR) is 64.9 cm³/mol. The fourth-order valence-electron chi connectivity index (χ4n) is 1.09. The molecular weight excluding hydrogens is 204 g/mol. The topological polar surface area (TPSA) is 46.5 Å². The third kappa shape index (κ3) is 4.82. The van der Waals surface area contributed by atoms with E-state index in [-0.39, 0.29) is 0 Å². The van der Waals surface area contributed by atoms with Gasteiger partial charge in [-0.3, -0.25) is 0 Å². The molecule has 0 spiro atoms. The van der Waals surface area contributed by atoms with Gasteiger partial charge in [0.15, 0.2) is 6.10 Å². The van der Waals surface area contributed by atoms with E-state index in [1.54, 1.807) is 19.1 Å². The first-order valence-electron chi connectivity index (χ1n) is 5.59. The van der Waals surface area contributed by atoms with Gasteiger partial charge >= 0.3 is 5.97 Å². The Morgan fingerprint density at radius 3 is 2.19 bits per heavy atom. The zero-order valence-electron chi connectivity index (χ0n) is 10.4. The molecule has 3 nitrogen and oxygen atoms in total. The second kappa shape index (κ2) is 7.74. The zero-order chi connectivity index (χ0) is 12.6. The molecule has 1 aromatic rings. The van der Waals surface area contributed by atoms with Gasteiger partial charge in [-0.15, -0.1) is 0 Å². The number of carboxylic acid groups (broad SMARTS) is 1. The Bertz CT molecular complexity index is 303. The largest absolute Gasteiger partial charge is 0.479 e. The van der Waals surface area contributed by atoms with Crippen molar-refractivity contribution >= 4 is 5.97 Å². The first-order valence-corrected chi connectivity index (χ1v) is 5.59. The van der Waals surface area contributed by atoms with E-state index >= 15 is 0 Å². The summed E-state index contributed by atoms with van der Waals surface area (Å²) in [6.07, 6.45) is -0.291. The highest BCUT2D eigenvalue weighted by Gasteiger charge is 2.16. The molecule has 0 aromatic heterocycles. The summed E-state index contributed by atoms with van der Waals surface area (Å²) < 4.78 is 5.28. The summed E-state index contributed by atoms with van der Waals surface area (Å²) >= 11 is 0. The van der Waals surface area contributed by atoms with Crippen molar-refractivity contribution in [3.63, 3.8) is 0 Å². The second-order valence-corrected chi connectivity index (χ2v) is 3.17. The third-order valence-corrected chi connectivity index (χ3v) is 1.95. The molecule has 0 amide bonds. The minimum absolute atomic E-state index is 0.462. The highest BCUT2D eigenvalue weighted by atomic mass is 16.5. The smallest absolute Gasteiger partial charge is 0.344 e. The Morgan fingerprint density at radius 2 is 1.81 bits per heavy atom. The highest BCUT2D eigenvalue weighted by Crippen LogP contribution is 2.14. The molecule has 1 aromatic carbocycles. The van der Waals surface area contributed by atoms with E-state index < -0.39 is 12.1 Å². The van der Waals surface area contributed by atoms with Crippen LogP contribution in [0.15, 0.2) is 24.3 Å². The molecule has 16 heavy (non-hydrogen) atoms. The van der Waals surface area contributed by atoms with E-state index in [2.05, 4.69) is 0 Å². The molecule has 0 heterocycles. The standard InChI is InChI=1S/C11H14O3.C2H6/c1-3-10(11(12)13)14-9-6-4-8(2)5-7-9;1-2/h4-7,10H,3H2,1-2H3,(H,12,13);1-2H3. The van der Waals surface area contributed by atoms with Crippen LogP contribution in [-0.2, 0) is 4.79 Å². The lowest BCUT2D eigenvalue weighted by Crippen LogP contribution is -2.25. The summed E-state index contributed by atoms with van der Waals surface area (Å²) in [7, 11) is 0. The summed E-state index contributed by atoms with van der Waals surface area (Å²) in [4.78, 5) is 10.7. The number of aryl methyl sites for hydroxylation is 1. The third-order valence-electron chi connectivity index (χ3n) is 1.95. The first kappa shape index (κ1) is 14.5. The molecule has 0 aliphatic carbocycles. The monoisotopic (exact) mass is 224 g/mol. The normalized spacial score (nSPS) is 11.0. The lowest BCUT2D eigenvalue weighted by molar-refractivity contribution is -0.145. The maximum atomic E-state index is 10.7. The number of benzene rings is 1. The van der Waals surface area contributed by atoms with E-state index in [1.807, 2.05) is 32.9 Å². The van der Waals surface area contributed by atoms with Crippen LogP contribution in [0.2, 0.25) is 0 Å². The summed E-state index contributed by atoms with van der Waals surface area (Å²) in [5, 5.41) is 8.76. The molecule has 0 fully saturated rings. The van der Waals surface area contributed by atoms with E-state index in [9.17, 15) is 4.79 Å². The van der Waals surface area contributed by atoms with E-state index in [0.29, 0.717) is 12.2 Å². The lowest BCUT2D eigenvalue weighted by atomic mass is 10.2. The van der Waals surface area contributed by atoms with Crippen molar-refractivity contribution in [2.24, 2.45) is 0 Å². The average Bonchev–Trinajstić information content (AvgIpc) is 2.30. The fourth-order valence-corrected chi connectivity index (χ4v) is 1.09. The van der Waals surface area contributed by atoms with Gasteiger partial charge in [0.05, 0.1) is 0 Å². The van der Waals surface area contributed by atoms with Crippen molar-refractivity contribution in [2.75, 3.05) is 0 Å². The van der Waals surface area contributed by atoms with E-state index in [4.69, 9.17) is 9.84 Å². The highest BCUT2D eigenvalue weighted by molar-refractivity contribution is 5.72. The van der Waals surface area contributed by atoms with Gasteiger partial charge in [-0.25, -0.2) is 4.79 Å². The van der Waals surface area contributed by atoms with E-state index in [0.717, 1.165) is 5.56 Å². The molecule has 0 saturated carbocycles. The van der Waals surface area contributed by atoms with Crippen LogP contribution in [-0.4, -0.2) is 17.2 Å². The van der Waals surface area contributed by atoms with Crippen LogP contribution in [0, 0.1) is 6.92 Å². The van der Waals surface area contributed by atoms with Gasteiger partial charge in [-0.05, 0) is 25.5 Å². The van der Waals surface area contributed by atoms with Crippen LogP contribution in [0.4, 0.5) is 0 Å². The van der Waals surface area contributed by atoms with Crippen molar-refractivity contribution in [3.05, 3.63) is 29.8 Å². The lowest BCUT2D eigenvalue weighted by Gasteiger charge is -2.12. The number of ether oxygens (including phenoxy) is 1. The van der Waals surface area contributed by atoms with Crippen LogP contribution in [0.25, 0.3) is 0 Å². The molecule has 0 aliphatic rings. The summed E-state index contributed by atoms with van der Waals surface area (Å²) in [6, 6.07) is 7.34. The van der Waals surface area contributed by atoms with Crippen LogP contribution < -0.4 is 4.74 Å². The second-order valence-electron chi connectivity index (χ2n) is 3.17. The number of hydrogen-bond acceptors (Lipinski definition) is 2. The number of carboxylic acids is 1. The average molecular weight is 224 g/mol. The van der Waals surface area contributed by atoms with Crippen molar-refractivity contribution in [3.8, 4) is 5.75 Å². The zero-order valence-corrected chi connectivity index (χ0v) is 10.4. The van der Waals surface area contributed by atoms with Crippen LogP contribution >= 0.6 is 0 Å². The molecule has 0 saturated heterocycles. The molecule has 1 rings (SSSR count). The number of aliphatic carboxylic acids is 1. The Balaban J connectivity index is 0.00000106. The SMILES string of the molecule is CC.CCC(Oc1ccc(C)cc1)C(=O)O. The van der Waals surface area contributed by atoms with Crippen LogP contribution in [0.1, 0.15) is 32.8 Å². The molecule has 3 heteroatoms. The van der Waals surface area contributed by atoms with Crippen molar-refractivity contribution in [2.45, 2.75) is 40.2 Å². The van der Waals surface area contributed by atoms with Crippen molar-refractivity contribution in [1.82, 2.24) is 0 Å². The molecule has 0 radical (unpaired) electrons. The Morgan fingerprint density at radius 1 is 1.31 bits per heavy atom. The number of carbonyl (C=O) groups is 1. The van der Waals surface area contributed by atoms with Gasteiger partial charge in [0, 0.05) is 0 Å². The fraction of sp³-hybridized carbons (Fsp3) is 0.462. The quantitative estimate of drug-likeness (QED) is 0.853. The Labute approximate surface area is 97.1 Å². The first-order chi connectivity index (χ1) is 7.63. The van der Waals surface area contributed by atoms with Crippen molar-refractivity contribution < 1.29 is 14.6 Å². The van der Waals surface area contributed by atoms with Gasteiger partial charge in [0.1, 0.15) is 5.75 Å². The minimum Gasteiger partial charge on any atom is -0.479 e. The van der Waals surface area contributed by atoms with Gasteiger partial charge in [0.2, 0.25) is 0 Å². The minimum atomic E-state index is -0.923. The van der Waals surface area contributed by atoms with E-state index in [1.165, 1.54) is 0 Å². The summed E-state index contributed by atoms with van der Waals surface area (Å²) in [6.45, 7) is 7.76. The molecule has 0 aliphatic heterocycles. The Hall–Kier alpha value is -1.51. The van der Waals surface area contributed by atoms with Gasteiger partial charge in [0.25, 0.3) is 0 Å². The van der Waals surface area contributed by atoms with Crippen LogP contribution in [0.5, 0.6) is 5.75 Å². The van der Waals surface area contributed by atoms with Gasteiger partial charge in [-0.2, -0.15) is 0 Å². The molecule has 90 valence electrons. The maximum Gasteiger partial charge on any atom is 0.344 e. The van der Waals surface area contributed by atoms with Crippen LogP contribution in [0.3, 0.4) is 0 Å². The van der Waals surface area contributed by atoms with Gasteiger partial charge in [-0.1, -0.05) is 38.5 Å². The Kier molecular flexibility index (Phi) is 7.01. The summed E-state index contributed by atoms with van der Waals surface area (Å²) in [5.74, 6) is -0.321. The molecule has 1 N–H and O–H groups in total. The summed E-state index contributed by atoms with van der Waals surface area (Å²) in [5.41, 5.74) is 1.13.